The monoisotopic (exact) mass is 330 g/mol. The second kappa shape index (κ2) is 8.64. The van der Waals surface area contributed by atoms with Gasteiger partial charge in [0.2, 0.25) is 0 Å². The second-order valence-corrected chi connectivity index (χ2v) is 6.25. The largest absolute Gasteiger partial charge is 0.461 e. The standard InChI is InChI=1S/C19H26N2O3/c1-4-18(16(11-22)9-17-10-20-13-21(17)3)19(23)24-12-15-7-5-14(2)6-8-15/h5-8,10,13,16,18,22H,4,9,11-12H2,1-3H3/t16-,18-/m0/s1. The molecule has 0 fully saturated rings. The number of carbonyl (C=O) groups is 1. The lowest BCUT2D eigenvalue weighted by molar-refractivity contribution is -0.152. The van der Waals surface area contributed by atoms with E-state index in [4.69, 9.17) is 4.74 Å². The molecule has 2 aromatic rings. The van der Waals surface area contributed by atoms with E-state index in [1.807, 2.05) is 49.7 Å². The quantitative estimate of drug-likeness (QED) is 0.756. The molecule has 1 aromatic heterocycles. The molecule has 1 aromatic carbocycles. The van der Waals surface area contributed by atoms with Gasteiger partial charge in [-0.3, -0.25) is 4.79 Å². The third-order valence-electron chi connectivity index (χ3n) is 4.44. The lowest BCUT2D eigenvalue weighted by atomic mass is 9.87. The van der Waals surface area contributed by atoms with E-state index in [1.54, 1.807) is 12.5 Å². The Bertz CT molecular complexity index is 649. The molecule has 1 heterocycles. The second-order valence-electron chi connectivity index (χ2n) is 6.25. The van der Waals surface area contributed by atoms with Gasteiger partial charge in [-0.25, -0.2) is 4.98 Å². The van der Waals surface area contributed by atoms with Crippen LogP contribution in [0.3, 0.4) is 0 Å². The molecular formula is C19H26N2O3. The van der Waals surface area contributed by atoms with Crippen LogP contribution >= 0.6 is 0 Å². The van der Waals surface area contributed by atoms with Crippen molar-refractivity contribution >= 4 is 5.97 Å². The third kappa shape index (κ3) is 4.68. The topological polar surface area (TPSA) is 64.3 Å². The van der Waals surface area contributed by atoms with Gasteiger partial charge < -0.3 is 14.4 Å². The van der Waals surface area contributed by atoms with Crippen LogP contribution in [0.2, 0.25) is 0 Å². The van der Waals surface area contributed by atoms with Crippen LogP contribution < -0.4 is 0 Å². The molecule has 2 atom stereocenters. The lowest BCUT2D eigenvalue weighted by Gasteiger charge is -2.23. The number of nitrogens with zero attached hydrogens (tertiary/aromatic N) is 2. The molecule has 0 saturated carbocycles. The molecule has 0 saturated heterocycles. The average Bonchev–Trinajstić information content (AvgIpc) is 2.99. The summed E-state index contributed by atoms with van der Waals surface area (Å²) in [6, 6.07) is 7.92. The fourth-order valence-electron chi connectivity index (χ4n) is 2.82. The highest BCUT2D eigenvalue weighted by Crippen LogP contribution is 2.22. The number of ether oxygens (including phenoxy) is 1. The summed E-state index contributed by atoms with van der Waals surface area (Å²) in [6.07, 6.45) is 4.73. The Morgan fingerprint density at radius 1 is 1.33 bits per heavy atom. The molecule has 130 valence electrons. The SMILES string of the molecule is CC[C@H](C(=O)OCc1ccc(C)cc1)[C@H](CO)Cc1cncn1C. The molecule has 0 aliphatic rings. The summed E-state index contributed by atoms with van der Waals surface area (Å²) in [4.78, 5) is 16.6. The first kappa shape index (κ1) is 18.2. The maximum absolute atomic E-state index is 12.5. The zero-order chi connectivity index (χ0) is 17.5. The molecule has 0 bridgehead atoms. The van der Waals surface area contributed by atoms with Crippen molar-refractivity contribution < 1.29 is 14.6 Å². The van der Waals surface area contributed by atoms with Gasteiger partial charge in [-0.05, 0) is 25.3 Å². The molecular weight excluding hydrogens is 304 g/mol. The van der Waals surface area contributed by atoms with Crippen LogP contribution in [0.15, 0.2) is 36.8 Å². The number of rotatable bonds is 8. The van der Waals surface area contributed by atoms with Crippen LogP contribution in [0.5, 0.6) is 0 Å². The fourth-order valence-corrected chi connectivity index (χ4v) is 2.82. The number of aryl methyl sites for hydroxylation is 2. The highest BCUT2D eigenvalue weighted by atomic mass is 16.5. The van der Waals surface area contributed by atoms with Crippen molar-refractivity contribution in [3.05, 3.63) is 53.6 Å². The summed E-state index contributed by atoms with van der Waals surface area (Å²) in [5.41, 5.74) is 3.14. The van der Waals surface area contributed by atoms with Crippen LogP contribution in [0.1, 0.15) is 30.2 Å². The van der Waals surface area contributed by atoms with Crippen LogP contribution in [-0.4, -0.2) is 27.2 Å². The highest BCUT2D eigenvalue weighted by Gasteiger charge is 2.28. The first-order chi connectivity index (χ1) is 11.5. The zero-order valence-corrected chi connectivity index (χ0v) is 14.6. The highest BCUT2D eigenvalue weighted by molar-refractivity contribution is 5.72. The number of aromatic nitrogens is 2. The Labute approximate surface area is 143 Å². The summed E-state index contributed by atoms with van der Waals surface area (Å²) in [5.74, 6) is -0.745. The van der Waals surface area contributed by atoms with E-state index in [-0.39, 0.29) is 31.0 Å². The van der Waals surface area contributed by atoms with E-state index in [2.05, 4.69) is 4.98 Å². The molecule has 0 amide bonds. The van der Waals surface area contributed by atoms with E-state index in [1.165, 1.54) is 5.56 Å². The molecule has 5 nitrogen and oxygen atoms in total. The van der Waals surface area contributed by atoms with E-state index >= 15 is 0 Å². The van der Waals surface area contributed by atoms with Crippen molar-refractivity contribution in [3.8, 4) is 0 Å². The number of imidazole rings is 1. The lowest BCUT2D eigenvalue weighted by Crippen LogP contribution is -2.29. The van der Waals surface area contributed by atoms with E-state index in [9.17, 15) is 9.90 Å². The minimum atomic E-state index is -0.324. The minimum absolute atomic E-state index is 0.0523. The summed E-state index contributed by atoms with van der Waals surface area (Å²) in [6.45, 7) is 4.18. The molecule has 2 rings (SSSR count). The number of carbonyl (C=O) groups excluding carboxylic acids is 1. The van der Waals surface area contributed by atoms with Crippen LogP contribution in [0, 0.1) is 18.8 Å². The molecule has 0 spiro atoms. The van der Waals surface area contributed by atoms with Gasteiger partial charge in [0.25, 0.3) is 0 Å². The molecule has 5 heteroatoms. The molecule has 0 unspecified atom stereocenters. The van der Waals surface area contributed by atoms with Crippen LogP contribution in [-0.2, 0) is 29.6 Å². The van der Waals surface area contributed by atoms with Crippen molar-refractivity contribution in [3.63, 3.8) is 0 Å². The van der Waals surface area contributed by atoms with Crippen molar-refractivity contribution in [1.82, 2.24) is 9.55 Å². The molecule has 0 aliphatic carbocycles. The first-order valence-corrected chi connectivity index (χ1v) is 8.33. The van der Waals surface area contributed by atoms with Gasteiger partial charge in [-0.15, -0.1) is 0 Å². The van der Waals surface area contributed by atoms with Crippen molar-refractivity contribution in [1.29, 1.82) is 0 Å². The van der Waals surface area contributed by atoms with E-state index in [0.29, 0.717) is 12.8 Å². The number of aliphatic hydroxyl groups excluding tert-OH is 1. The van der Waals surface area contributed by atoms with Gasteiger partial charge in [0, 0.05) is 31.5 Å². The summed E-state index contributed by atoms with van der Waals surface area (Å²) >= 11 is 0. The van der Waals surface area contributed by atoms with Gasteiger partial charge in [-0.1, -0.05) is 36.8 Å². The normalized spacial score (nSPS) is 13.5. The Balaban J connectivity index is 1.98. The van der Waals surface area contributed by atoms with Gasteiger partial charge in [0.15, 0.2) is 0 Å². The third-order valence-corrected chi connectivity index (χ3v) is 4.44. The zero-order valence-electron chi connectivity index (χ0n) is 14.6. The van der Waals surface area contributed by atoms with E-state index < -0.39 is 0 Å². The van der Waals surface area contributed by atoms with Gasteiger partial charge in [0.1, 0.15) is 6.61 Å². The maximum Gasteiger partial charge on any atom is 0.309 e. The predicted molar refractivity (Wildman–Crippen MR) is 92.2 cm³/mol. The van der Waals surface area contributed by atoms with E-state index in [0.717, 1.165) is 11.3 Å². The van der Waals surface area contributed by atoms with Gasteiger partial charge in [-0.2, -0.15) is 0 Å². The number of benzene rings is 1. The molecule has 0 radical (unpaired) electrons. The van der Waals surface area contributed by atoms with Crippen molar-refractivity contribution in [2.24, 2.45) is 18.9 Å². The van der Waals surface area contributed by atoms with Crippen molar-refractivity contribution in [2.75, 3.05) is 6.61 Å². The van der Waals surface area contributed by atoms with Crippen molar-refractivity contribution in [2.45, 2.75) is 33.3 Å². The summed E-state index contributed by atoms with van der Waals surface area (Å²) in [5, 5.41) is 9.74. The molecule has 0 aliphatic heterocycles. The van der Waals surface area contributed by atoms with Crippen LogP contribution in [0.25, 0.3) is 0 Å². The Hall–Kier alpha value is -2.14. The molecule has 1 N–H and O–H groups in total. The number of aliphatic hydroxyl groups is 1. The smallest absolute Gasteiger partial charge is 0.309 e. The Morgan fingerprint density at radius 3 is 2.58 bits per heavy atom. The van der Waals surface area contributed by atoms with Gasteiger partial charge in [0.05, 0.1) is 12.2 Å². The first-order valence-electron chi connectivity index (χ1n) is 8.33. The number of esters is 1. The fraction of sp³-hybridized carbons (Fsp3) is 0.474. The summed E-state index contributed by atoms with van der Waals surface area (Å²) in [7, 11) is 1.91. The maximum atomic E-state index is 12.5. The summed E-state index contributed by atoms with van der Waals surface area (Å²) < 4.78 is 7.39. The van der Waals surface area contributed by atoms with Crippen LogP contribution in [0.4, 0.5) is 0 Å². The average molecular weight is 330 g/mol. The number of hydrogen-bond donors (Lipinski definition) is 1. The Morgan fingerprint density at radius 2 is 2.04 bits per heavy atom. The Kier molecular flexibility index (Phi) is 6.55. The minimum Gasteiger partial charge on any atom is -0.461 e. The number of hydrogen-bond acceptors (Lipinski definition) is 4. The van der Waals surface area contributed by atoms with Gasteiger partial charge >= 0.3 is 5.97 Å². The molecule has 24 heavy (non-hydrogen) atoms. The predicted octanol–water partition coefficient (Wildman–Crippen LogP) is 2.65.